The molecule has 0 amide bonds. The van der Waals surface area contributed by atoms with Crippen molar-refractivity contribution >= 4 is 0 Å². The summed E-state index contributed by atoms with van der Waals surface area (Å²) in [6, 6.07) is 7.84. The molecule has 0 fully saturated rings. The van der Waals surface area contributed by atoms with Crippen LogP contribution in [0.15, 0.2) is 36.7 Å². The van der Waals surface area contributed by atoms with Crippen molar-refractivity contribution in [3.05, 3.63) is 48.0 Å². The van der Waals surface area contributed by atoms with Gasteiger partial charge in [-0.3, -0.25) is 5.84 Å². The first kappa shape index (κ1) is 14.6. The largest absolute Gasteiger partial charge is 0.494 e. The van der Waals surface area contributed by atoms with Crippen LogP contribution in [-0.2, 0) is 7.05 Å². The molecule has 1 aromatic heterocycles. The number of hydrogen-bond donors (Lipinski definition) is 2. The van der Waals surface area contributed by atoms with Gasteiger partial charge in [0.05, 0.1) is 6.61 Å². The van der Waals surface area contributed by atoms with Gasteiger partial charge in [0.15, 0.2) is 0 Å². The number of hydrogen-bond acceptors (Lipinski definition) is 4. The average molecular weight is 274 g/mol. The summed E-state index contributed by atoms with van der Waals surface area (Å²) >= 11 is 0. The molecule has 1 unspecified atom stereocenters. The Morgan fingerprint density at radius 3 is 2.65 bits per heavy atom. The molecule has 0 aliphatic carbocycles. The zero-order valence-electron chi connectivity index (χ0n) is 12.0. The third kappa shape index (κ3) is 3.37. The zero-order valence-corrected chi connectivity index (χ0v) is 12.0. The summed E-state index contributed by atoms with van der Waals surface area (Å²) in [5.74, 6) is 7.44. The van der Waals surface area contributed by atoms with Crippen LogP contribution in [0, 0.1) is 0 Å². The number of nitrogens with zero attached hydrogens (tertiary/aromatic N) is 2. The van der Waals surface area contributed by atoms with Gasteiger partial charge in [-0.05, 0) is 24.1 Å². The van der Waals surface area contributed by atoms with E-state index in [1.807, 2.05) is 42.1 Å². The molecule has 2 aromatic rings. The average Bonchev–Trinajstić information content (AvgIpc) is 2.88. The van der Waals surface area contributed by atoms with Crippen LogP contribution in [0.1, 0.15) is 37.2 Å². The highest BCUT2D eigenvalue weighted by molar-refractivity contribution is 5.32. The van der Waals surface area contributed by atoms with Gasteiger partial charge in [-0.1, -0.05) is 25.5 Å². The standard InChI is InChI=1S/C15H22N4O/c1-3-4-11-20-13-7-5-12(6-8-13)14(18-16)15-17-9-10-19(15)2/h5-10,14,18H,3-4,11,16H2,1-2H3. The van der Waals surface area contributed by atoms with E-state index in [0.717, 1.165) is 36.6 Å². The highest BCUT2D eigenvalue weighted by Crippen LogP contribution is 2.22. The predicted molar refractivity (Wildman–Crippen MR) is 79.2 cm³/mol. The number of ether oxygens (including phenoxy) is 1. The highest BCUT2D eigenvalue weighted by atomic mass is 16.5. The molecule has 0 saturated heterocycles. The van der Waals surface area contributed by atoms with E-state index in [4.69, 9.17) is 10.6 Å². The van der Waals surface area contributed by atoms with Crippen LogP contribution in [0.25, 0.3) is 0 Å². The zero-order chi connectivity index (χ0) is 14.4. The molecule has 0 aliphatic rings. The first-order valence-electron chi connectivity index (χ1n) is 6.92. The Morgan fingerprint density at radius 2 is 2.10 bits per heavy atom. The SMILES string of the molecule is CCCCOc1ccc(C(NN)c2nccn2C)cc1. The summed E-state index contributed by atoms with van der Waals surface area (Å²) in [5, 5.41) is 0. The van der Waals surface area contributed by atoms with Crippen molar-refractivity contribution in [2.24, 2.45) is 12.9 Å². The fraction of sp³-hybridized carbons (Fsp3) is 0.400. The monoisotopic (exact) mass is 274 g/mol. The van der Waals surface area contributed by atoms with E-state index in [0.29, 0.717) is 0 Å². The number of aromatic nitrogens is 2. The molecule has 5 nitrogen and oxygen atoms in total. The molecule has 1 atom stereocenters. The molecule has 1 heterocycles. The maximum atomic E-state index is 5.67. The lowest BCUT2D eigenvalue weighted by Crippen LogP contribution is -2.30. The number of aryl methyl sites for hydroxylation is 1. The van der Waals surface area contributed by atoms with Crippen molar-refractivity contribution in [3.63, 3.8) is 0 Å². The van der Waals surface area contributed by atoms with E-state index in [9.17, 15) is 0 Å². The van der Waals surface area contributed by atoms with Crippen molar-refractivity contribution < 1.29 is 4.74 Å². The molecule has 0 spiro atoms. The van der Waals surface area contributed by atoms with Gasteiger partial charge < -0.3 is 9.30 Å². The van der Waals surface area contributed by atoms with Crippen molar-refractivity contribution in [1.82, 2.24) is 15.0 Å². The second-order valence-corrected chi connectivity index (χ2v) is 4.77. The van der Waals surface area contributed by atoms with Crippen molar-refractivity contribution in [2.45, 2.75) is 25.8 Å². The van der Waals surface area contributed by atoms with Crippen molar-refractivity contribution in [2.75, 3.05) is 6.61 Å². The van der Waals surface area contributed by atoms with Crippen molar-refractivity contribution in [1.29, 1.82) is 0 Å². The third-order valence-corrected chi connectivity index (χ3v) is 3.26. The molecule has 20 heavy (non-hydrogen) atoms. The molecule has 5 heteroatoms. The minimum absolute atomic E-state index is 0.125. The summed E-state index contributed by atoms with van der Waals surface area (Å²) in [5.41, 5.74) is 3.87. The number of nitrogens with one attached hydrogen (secondary N) is 1. The van der Waals surface area contributed by atoms with E-state index in [1.54, 1.807) is 6.20 Å². The van der Waals surface area contributed by atoms with E-state index >= 15 is 0 Å². The molecule has 2 rings (SSSR count). The Bertz CT molecular complexity index is 521. The minimum atomic E-state index is -0.125. The molecule has 0 radical (unpaired) electrons. The molecular formula is C15H22N4O. The van der Waals surface area contributed by atoms with Crippen LogP contribution in [0.5, 0.6) is 5.75 Å². The second kappa shape index (κ2) is 7.07. The molecule has 1 aromatic carbocycles. The number of rotatable bonds is 7. The lowest BCUT2D eigenvalue weighted by molar-refractivity contribution is 0.309. The first-order chi connectivity index (χ1) is 9.76. The Hall–Kier alpha value is -1.85. The maximum Gasteiger partial charge on any atom is 0.131 e. The smallest absolute Gasteiger partial charge is 0.131 e. The molecule has 0 aliphatic heterocycles. The number of unbranched alkanes of at least 4 members (excludes halogenated alkanes) is 1. The van der Waals surface area contributed by atoms with E-state index in [2.05, 4.69) is 17.3 Å². The number of nitrogens with two attached hydrogens (primary N) is 1. The second-order valence-electron chi connectivity index (χ2n) is 4.77. The normalized spacial score (nSPS) is 12.3. The van der Waals surface area contributed by atoms with Gasteiger partial charge in [0.1, 0.15) is 17.6 Å². The van der Waals surface area contributed by atoms with Gasteiger partial charge in [0.25, 0.3) is 0 Å². The van der Waals surface area contributed by atoms with E-state index in [-0.39, 0.29) is 6.04 Å². The van der Waals surface area contributed by atoms with Crippen LogP contribution in [0.3, 0.4) is 0 Å². The van der Waals surface area contributed by atoms with Crippen LogP contribution in [0.4, 0.5) is 0 Å². The first-order valence-corrected chi connectivity index (χ1v) is 6.92. The highest BCUT2D eigenvalue weighted by Gasteiger charge is 2.16. The Labute approximate surface area is 119 Å². The summed E-state index contributed by atoms with van der Waals surface area (Å²) in [6.07, 6.45) is 5.88. The number of imidazole rings is 1. The Morgan fingerprint density at radius 1 is 1.35 bits per heavy atom. The van der Waals surface area contributed by atoms with Gasteiger partial charge in [0, 0.05) is 19.4 Å². The topological polar surface area (TPSA) is 65.1 Å². The molecule has 0 saturated carbocycles. The molecule has 108 valence electrons. The summed E-state index contributed by atoms with van der Waals surface area (Å²) < 4.78 is 7.61. The predicted octanol–water partition coefficient (Wildman–Crippen LogP) is 2.15. The molecular weight excluding hydrogens is 252 g/mol. The summed E-state index contributed by atoms with van der Waals surface area (Å²) in [4.78, 5) is 4.34. The van der Waals surface area contributed by atoms with Gasteiger partial charge >= 0.3 is 0 Å². The fourth-order valence-corrected chi connectivity index (χ4v) is 2.07. The third-order valence-electron chi connectivity index (χ3n) is 3.26. The number of hydrazine groups is 1. The van der Waals surface area contributed by atoms with Crippen molar-refractivity contribution in [3.8, 4) is 5.75 Å². The molecule has 0 bridgehead atoms. The van der Waals surface area contributed by atoms with Crippen LogP contribution >= 0.6 is 0 Å². The van der Waals surface area contributed by atoms with Gasteiger partial charge in [-0.2, -0.15) is 0 Å². The van der Waals surface area contributed by atoms with Crippen LogP contribution in [0.2, 0.25) is 0 Å². The lowest BCUT2D eigenvalue weighted by atomic mass is 10.1. The van der Waals surface area contributed by atoms with Gasteiger partial charge in [-0.15, -0.1) is 0 Å². The number of benzene rings is 1. The Kier molecular flexibility index (Phi) is 5.15. The lowest BCUT2D eigenvalue weighted by Gasteiger charge is -2.16. The van der Waals surface area contributed by atoms with Crippen LogP contribution in [-0.4, -0.2) is 16.2 Å². The molecule has 3 N–H and O–H groups in total. The quantitative estimate of drug-likeness (QED) is 0.461. The Balaban J connectivity index is 2.10. The van der Waals surface area contributed by atoms with Gasteiger partial charge in [0.2, 0.25) is 0 Å². The van der Waals surface area contributed by atoms with E-state index < -0.39 is 0 Å². The summed E-state index contributed by atoms with van der Waals surface area (Å²) in [6.45, 7) is 2.91. The fourth-order valence-electron chi connectivity index (χ4n) is 2.07. The minimum Gasteiger partial charge on any atom is -0.494 e. The van der Waals surface area contributed by atoms with Gasteiger partial charge in [-0.25, -0.2) is 10.4 Å². The van der Waals surface area contributed by atoms with E-state index in [1.165, 1.54) is 0 Å². The van der Waals surface area contributed by atoms with Crippen LogP contribution < -0.4 is 16.0 Å². The maximum absolute atomic E-state index is 5.67. The summed E-state index contributed by atoms with van der Waals surface area (Å²) in [7, 11) is 1.95.